The number of nitrogens with zero attached hydrogens (tertiary/aromatic N) is 1. The first-order chi connectivity index (χ1) is 6.29. The van der Waals surface area contributed by atoms with Crippen molar-refractivity contribution in [2.75, 3.05) is 19.3 Å². The molecule has 4 nitrogen and oxygen atoms in total. The number of hydrogen-bond donors (Lipinski definition) is 1. The van der Waals surface area contributed by atoms with Crippen LogP contribution < -0.4 is 4.72 Å². The Morgan fingerprint density at radius 2 is 2.00 bits per heavy atom. The molecule has 1 heterocycles. The maximum atomic E-state index is 10.9. The average Bonchev–Trinajstić information content (AvgIpc) is 1.92. The summed E-state index contributed by atoms with van der Waals surface area (Å²) in [7, 11) is -3.06. The molecule has 0 bridgehead atoms. The van der Waals surface area contributed by atoms with Gasteiger partial charge in [-0.2, -0.15) is 0 Å². The van der Waals surface area contributed by atoms with E-state index in [-0.39, 0.29) is 6.04 Å². The lowest BCUT2D eigenvalue weighted by Gasteiger charge is -2.43. The van der Waals surface area contributed by atoms with Crippen molar-refractivity contribution in [3.63, 3.8) is 0 Å². The first-order valence-electron chi connectivity index (χ1n) is 4.70. The van der Waals surface area contributed by atoms with E-state index in [1.54, 1.807) is 0 Å². The van der Waals surface area contributed by atoms with Crippen LogP contribution in [-0.4, -0.2) is 38.7 Å². The first-order valence-corrected chi connectivity index (χ1v) is 6.60. The van der Waals surface area contributed by atoms with E-state index >= 15 is 0 Å². The van der Waals surface area contributed by atoms with Gasteiger partial charge in [0.1, 0.15) is 0 Å². The topological polar surface area (TPSA) is 49.4 Å². The zero-order chi connectivity index (χ0) is 10.9. The number of rotatable bonds is 4. The molecule has 1 saturated heterocycles. The Balaban J connectivity index is 2.34. The van der Waals surface area contributed by atoms with Crippen LogP contribution in [0.4, 0.5) is 0 Å². The molecule has 1 rings (SSSR count). The predicted molar refractivity (Wildman–Crippen MR) is 57.3 cm³/mol. The summed E-state index contributed by atoms with van der Waals surface area (Å²) in [6, 6.07) is 0.0560. The van der Waals surface area contributed by atoms with E-state index in [9.17, 15) is 8.42 Å². The summed E-state index contributed by atoms with van der Waals surface area (Å²) >= 11 is 0. The Hall–Kier alpha value is -0.550. The molecule has 1 N–H and O–H groups in total. The first kappa shape index (κ1) is 11.5. The van der Waals surface area contributed by atoms with Gasteiger partial charge in [-0.3, -0.25) is 0 Å². The van der Waals surface area contributed by atoms with Gasteiger partial charge in [0.05, 0.1) is 12.3 Å². The molecule has 0 aromatic heterocycles. The van der Waals surface area contributed by atoms with Gasteiger partial charge >= 0.3 is 0 Å². The molecule has 0 aromatic rings. The van der Waals surface area contributed by atoms with Gasteiger partial charge in [0, 0.05) is 18.8 Å². The van der Waals surface area contributed by atoms with Gasteiger partial charge in [-0.15, -0.1) is 0 Å². The van der Waals surface area contributed by atoms with Crippen LogP contribution in [0, 0.1) is 5.92 Å². The normalized spacial score (nSPS) is 18.4. The maximum absolute atomic E-state index is 10.9. The van der Waals surface area contributed by atoms with Gasteiger partial charge in [-0.25, -0.2) is 13.1 Å². The number of hydrogen-bond acceptors (Lipinski definition) is 3. The highest BCUT2D eigenvalue weighted by molar-refractivity contribution is 7.88. The van der Waals surface area contributed by atoms with Crippen molar-refractivity contribution in [1.82, 2.24) is 9.62 Å². The molecule has 0 atom stereocenters. The molecule has 0 aromatic carbocycles. The average molecular weight is 218 g/mol. The van der Waals surface area contributed by atoms with Gasteiger partial charge in [0.25, 0.3) is 0 Å². The standard InChI is InChI=1S/C9H18N2O2S/c1-7(2)8(3)11-5-9(6-11)10-14(4,12)13/h7,9-10H,3,5-6H2,1-2,4H3. The lowest BCUT2D eigenvalue weighted by Crippen LogP contribution is -2.58. The molecule has 82 valence electrons. The summed E-state index contributed by atoms with van der Waals surface area (Å²) in [4.78, 5) is 2.10. The van der Waals surface area contributed by atoms with Gasteiger partial charge in [0.15, 0.2) is 0 Å². The van der Waals surface area contributed by atoms with Crippen LogP contribution in [0.5, 0.6) is 0 Å². The Morgan fingerprint density at radius 1 is 1.50 bits per heavy atom. The SMILES string of the molecule is C=C(C(C)C)N1CC(NS(C)(=O)=O)C1. The fourth-order valence-electron chi connectivity index (χ4n) is 1.46. The van der Waals surface area contributed by atoms with Gasteiger partial charge in [0.2, 0.25) is 10.0 Å². The van der Waals surface area contributed by atoms with E-state index < -0.39 is 10.0 Å². The largest absolute Gasteiger partial charge is 0.372 e. The van der Waals surface area contributed by atoms with Crippen molar-refractivity contribution in [1.29, 1.82) is 0 Å². The van der Waals surface area contributed by atoms with Crippen LogP contribution in [-0.2, 0) is 10.0 Å². The third kappa shape index (κ3) is 2.99. The second-order valence-electron chi connectivity index (χ2n) is 4.14. The molecule has 14 heavy (non-hydrogen) atoms. The molecular weight excluding hydrogens is 200 g/mol. The van der Waals surface area contributed by atoms with E-state index in [2.05, 4.69) is 30.0 Å². The highest BCUT2D eigenvalue weighted by Crippen LogP contribution is 2.20. The fourth-order valence-corrected chi connectivity index (χ4v) is 2.21. The zero-order valence-electron chi connectivity index (χ0n) is 8.95. The monoisotopic (exact) mass is 218 g/mol. The quantitative estimate of drug-likeness (QED) is 0.742. The summed E-state index contributed by atoms with van der Waals surface area (Å²) in [6.07, 6.45) is 1.19. The third-order valence-electron chi connectivity index (χ3n) is 2.33. The molecule has 1 fully saturated rings. The summed E-state index contributed by atoms with van der Waals surface area (Å²) in [5.74, 6) is 0.425. The Labute approximate surface area is 86.0 Å². The van der Waals surface area contributed by atoms with Gasteiger partial charge in [-0.1, -0.05) is 20.4 Å². The highest BCUT2D eigenvalue weighted by Gasteiger charge is 2.30. The minimum Gasteiger partial charge on any atom is -0.372 e. The van der Waals surface area contributed by atoms with E-state index in [0.717, 1.165) is 18.8 Å². The molecule has 0 spiro atoms. The molecule has 5 heteroatoms. The van der Waals surface area contributed by atoms with Crippen LogP contribution in [0.2, 0.25) is 0 Å². The van der Waals surface area contributed by atoms with Crippen molar-refractivity contribution in [2.45, 2.75) is 19.9 Å². The second-order valence-corrected chi connectivity index (χ2v) is 5.92. The Bertz CT molecular complexity index is 316. The highest BCUT2D eigenvalue weighted by atomic mass is 32.2. The minimum atomic E-state index is -3.06. The van der Waals surface area contributed by atoms with Crippen molar-refractivity contribution >= 4 is 10.0 Å². The van der Waals surface area contributed by atoms with E-state index in [1.165, 1.54) is 6.26 Å². The molecule has 1 aliphatic heterocycles. The van der Waals surface area contributed by atoms with Crippen molar-refractivity contribution in [3.8, 4) is 0 Å². The zero-order valence-corrected chi connectivity index (χ0v) is 9.76. The molecule has 0 radical (unpaired) electrons. The number of nitrogens with one attached hydrogen (secondary N) is 1. The van der Waals surface area contributed by atoms with Crippen LogP contribution in [0.25, 0.3) is 0 Å². The fraction of sp³-hybridized carbons (Fsp3) is 0.778. The molecule has 1 aliphatic rings. The molecule has 0 amide bonds. The van der Waals surface area contributed by atoms with E-state index in [1.807, 2.05) is 0 Å². The van der Waals surface area contributed by atoms with Crippen LogP contribution in [0.3, 0.4) is 0 Å². The summed E-state index contributed by atoms with van der Waals surface area (Å²) < 4.78 is 24.4. The van der Waals surface area contributed by atoms with Crippen LogP contribution in [0.1, 0.15) is 13.8 Å². The predicted octanol–water partition coefficient (Wildman–Crippen LogP) is 0.390. The van der Waals surface area contributed by atoms with Crippen LogP contribution in [0.15, 0.2) is 12.3 Å². The molecule has 0 unspecified atom stereocenters. The van der Waals surface area contributed by atoms with Crippen molar-refractivity contribution in [2.24, 2.45) is 5.92 Å². The van der Waals surface area contributed by atoms with Gasteiger partial charge in [-0.05, 0) is 5.92 Å². The number of likely N-dealkylation sites (tertiary alicyclic amines) is 1. The maximum Gasteiger partial charge on any atom is 0.209 e. The lowest BCUT2D eigenvalue weighted by molar-refractivity contribution is 0.174. The van der Waals surface area contributed by atoms with E-state index in [0.29, 0.717) is 5.92 Å². The van der Waals surface area contributed by atoms with Gasteiger partial charge < -0.3 is 4.90 Å². The smallest absolute Gasteiger partial charge is 0.209 e. The van der Waals surface area contributed by atoms with E-state index in [4.69, 9.17) is 0 Å². The summed E-state index contributed by atoms with van der Waals surface area (Å²) in [6.45, 7) is 9.60. The number of sulfonamides is 1. The minimum absolute atomic E-state index is 0.0560. The summed E-state index contributed by atoms with van der Waals surface area (Å²) in [5.41, 5.74) is 1.08. The third-order valence-corrected chi connectivity index (χ3v) is 3.10. The molecule has 0 aliphatic carbocycles. The Kier molecular flexibility index (Phi) is 3.21. The lowest BCUT2D eigenvalue weighted by atomic mass is 10.0. The van der Waals surface area contributed by atoms with Crippen molar-refractivity contribution < 1.29 is 8.42 Å². The molecule has 0 saturated carbocycles. The van der Waals surface area contributed by atoms with Crippen LogP contribution >= 0.6 is 0 Å². The Morgan fingerprint density at radius 3 is 2.36 bits per heavy atom. The number of allylic oxidation sites excluding steroid dienone is 1. The van der Waals surface area contributed by atoms with Crippen molar-refractivity contribution in [3.05, 3.63) is 12.3 Å². The molecular formula is C9H18N2O2S. The second kappa shape index (κ2) is 3.90. The summed E-state index contributed by atoms with van der Waals surface area (Å²) in [5, 5.41) is 0.